The number of nitrogens with two attached hydrogens (primary N) is 1. The van der Waals surface area contributed by atoms with Crippen LogP contribution < -0.4 is 10.5 Å². The number of hydrogen-bond donors (Lipinski definition) is 1. The number of aromatic nitrogens is 2. The molecule has 0 fully saturated rings. The highest BCUT2D eigenvalue weighted by Crippen LogP contribution is 2.23. The Morgan fingerprint density at radius 3 is 2.47 bits per heavy atom. The van der Waals surface area contributed by atoms with Gasteiger partial charge in [0.25, 0.3) is 0 Å². The van der Waals surface area contributed by atoms with Gasteiger partial charge in [-0.2, -0.15) is 5.10 Å². The van der Waals surface area contributed by atoms with E-state index >= 15 is 0 Å². The maximum atomic E-state index is 5.77. The lowest BCUT2D eigenvalue weighted by atomic mass is 9.93. The van der Waals surface area contributed by atoms with Crippen molar-refractivity contribution in [3.63, 3.8) is 0 Å². The predicted molar refractivity (Wildman–Crippen MR) is 80.9 cm³/mol. The second kappa shape index (κ2) is 7.12. The molecule has 0 aliphatic heterocycles. The van der Waals surface area contributed by atoms with Crippen molar-refractivity contribution >= 4 is 12.4 Å². The number of hydrogen-bond acceptors (Lipinski definition) is 4. The van der Waals surface area contributed by atoms with Crippen molar-refractivity contribution in [3.05, 3.63) is 11.3 Å². The molecule has 0 aromatic carbocycles. The maximum absolute atomic E-state index is 5.77. The summed E-state index contributed by atoms with van der Waals surface area (Å²) in [6, 6.07) is 0. The molecule has 1 aromatic heterocycles. The van der Waals surface area contributed by atoms with Crippen LogP contribution >= 0.6 is 12.4 Å². The van der Waals surface area contributed by atoms with Crippen molar-refractivity contribution in [1.82, 2.24) is 14.7 Å². The maximum Gasteiger partial charge on any atom is 0.216 e. The number of halogens is 1. The van der Waals surface area contributed by atoms with E-state index in [0.29, 0.717) is 6.54 Å². The lowest BCUT2D eigenvalue weighted by molar-refractivity contribution is 0.207. The van der Waals surface area contributed by atoms with E-state index in [2.05, 4.69) is 30.9 Å². The number of ether oxygens (including phenoxy) is 1. The van der Waals surface area contributed by atoms with E-state index in [0.717, 1.165) is 30.2 Å². The lowest BCUT2D eigenvalue weighted by Crippen LogP contribution is -2.36. The molecule has 2 N–H and O–H groups in total. The van der Waals surface area contributed by atoms with E-state index < -0.39 is 0 Å². The van der Waals surface area contributed by atoms with Gasteiger partial charge in [0.1, 0.15) is 0 Å². The van der Waals surface area contributed by atoms with Crippen molar-refractivity contribution in [2.45, 2.75) is 27.3 Å². The van der Waals surface area contributed by atoms with Crippen LogP contribution in [0.2, 0.25) is 0 Å². The summed E-state index contributed by atoms with van der Waals surface area (Å²) in [5.74, 6) is 0.838. The molecule has 0 spiro atoms. The molecule has 1 aromatic rings. The van der Waals surface area contributed by atoms with Gasteiger partial charge in [-0.1, -0.05) is 13.8 Å². The van der Waals surface area contributed by atoms with Crippen molar-refractivity contribution in [1.29, 1.82) is 0 Å². The quantitative estimate of drug-likeness (QED) is 0.864. The van der Waals surface area contributed by atoms with Crippen molar-refractivity contribution in [3.8, 4) is 5.88 Å². The van der Waals surface area contributed by atoms with Gasteiger partial charge in [0.15, 0.2) is 0 Å². The van der Waals surface area contributed by atoms with Crippen molar-refractivity contribution in [2.75, 3.05) is 27.2 Å². The Morgan fingerprint density at radius 1 is 1.42 bits per heavy atom. The lowest BCUT2D eigenvalue weighted by Gasteiger charge is -2.29. The van der Waals surface area contributed by atoms with Gasteiger partial charge in [-0.3, -0.25) is 0 Å². The van der Waals surface area contributed by atoms with Gasteiger partial charge < -0.3 is 15.4 Å². The number of rotatable bonds is 6. The zero-order valence-electron chi connectivity index (χ0n) is 12.9. The molecular weight excluding hydrogens is 264 g/mol. The third kappa shape index (κ3) is 4.67. The van der Waals surface area contributed by atoms with Crippen LogP contribution in [0.25, 0.3) is 0 Å². The number of nitrogens with zero attached hydrogens (tertiary/aromatic N) is 3. The van der Waals surface area contributed by atoms with Crippen LogP contribution in [0.15, 0.2) is 0 Å². The standard InChI is InChI=1S/C13H26N4O.ClH/c1-10-11(12(18-6)17(5)15-10)7-16(4)9-13(2,3)8-14;/h7-9,14H2,1-6H3;1H. The van der Waals surface area contributed by atoms with Gasteiger partial charge in [0, 0.05) is 20.1 Å². The molecule has 0 atom stereocenters. The van der Waals surface area contributed by atoms with Crippen LogP contribution in [-0.2, 0) is 13.6 Å². The molecular formula is C13H27ClN4O. The minimum absolute atomic E-state index is 0. The van der Waals surface area contributed by atoms with Crippen LogP contribution in [0.4, 0.5) is 0 Å². The Bertz CT molecular complexity index is 404. The normalized spacial score (nSPS) is 11.6. The Kier molecular flexibility index (Phi) is 6.83. The van der Waals surface area contributed by atoms with Crippen LogP contribution in [0.5, 0.6) is 5.88 Å². The molecule has 19 heavy (non-hydrogen) atoms. The van der Waals surface area contributed by atoms with Crippen LogP contribution in [0, 0.1) is 12.3 Å². The summed E-state index contributed by atoms with van der Waals surface area (Å²) in [4.78, 5) is 2.26. The summed E-state index contributed by atoms with van der Waals surface area (Å²) in [6.07, 6.45) is 0. The topological polar surface area (TPSA) is 56.3 Å². The van der Waals surface area contributed by atoms with E-state index in [1.54, 1.807) is 11.8 Å². The van der Waals surface area contributed by atoms with E-state index in [1.807, 2.05) is 14.0 Å². The summed E-state index contributed by atoms with van der Waals surface area (Å²) < 4.78 is 7.19. The Hall–Kier alpha value is -0.780. The molecule has 6 heteroatoms. The van der Waals surface area contributed by atoms with Gasteiger partial charge in [0.2, 0.25) is 5.88 Å². The molecule has 0 aliphatic rings. The molecule has 0 aliphatic carbocycles. The second-order valence-electron chi connectivity index (χ2n) is 5.74. The third-order valence-corrected chi connectivity index (χ3v) is 3.16. The first-order chi connectivity index (χ1) is 8.30. The Balaban J connectivity index is 0.00000324. The summed E-state index contributed by atoms with van der Waals surface area (Å²) in [6.45, 7) is 8.82. The fraction of sp³-hybridized carbons (Fsp3) is 0.769. The summed E-state index contributed by atoms with van der Waals surface area (Å²) in [7, 11) is 5.69. The monoisotopic (exact) mass is 290 g/mol. The Morgan fingerprint density at radius 2 is 2.00 bits per heavy atom. The molecule has 0 saturated heterocycles. The van der Waals surface area contributed by atoms with Crippen molar-refractivity contribution < 1.29 is 4.74 Å². The second-order valence-corrected chi connectivity index (χ2v) is 5.74. The largest absolute Gasteiger partial charge is 0.481 e. The van der Waals surface area contributed by atoms with Gasteiger partial charge in [-0.15, -0.1) is 12.4 Å². The summed E-state index contributed by atoms with van der Waals surface area (Å²) in [5, 5.41) is 4.39. The van der Waals surface area contributed by atoms with E-state index in [9.17, 15) is 0 Å². The van der Waals surface area contributed by atoms with Crippen molar-refractivity contribution in [2.24, 2.45) is 18.2 Å². The predicted octanol–water partition coefficient (Wildman–Crippen LogP) is 1.58. The Labute approximate surface area is 122 Å². The third-order valence-electron chi connectivity index (χ3n) is 3.16. The van der Waals surface area contributed by atoms with Crippen LogP contribution in [0.3, 0.4) is 0 Å². The number of methoxy groups -OCH3 is 1. The van der Waals surface area contributed by atoms with Gasteiger partial charge >= 0.3 is 0 Å². The average Bonchev–Trinajstić information content (AvgIpc) is 2.52. The molecule has 0 saturated carbocycles. The first-order valence-corrected chi connectivity index (χ1v) is 6.26. The molecule has 0 unspecified atom stereocenters. The molecule has 1 heterocycles. The smallest absolute Gasteiger partial charge is 0.216 e. The highest BCUT2D eigenvalue weighted by molar-refractivity contribution is 5.85. The zero-order chi connectivity index (χ0) is 13.9. The highest BCUT2D eigenvalue weighted by Gasteiger charge is 2.21. The molecule has 1 rings (SSSR count). The first kappa shape index (κ1) is 18.2. The highest BCUT2D eigenvalue weighted by atomic mass is 35.5. The molecule has 112 valence electrons. The first-order valence-electron chi connectivity index (χ1n) is 6.26. The fourth-order valence-corrected chi connectivity index (χ4v) is 2.24. The van der Waals surface area contributed by atoms with E-state index in [1.165, 1.54) is 0 Å². The van der Waals surface area contributed by atoms with Gasteiger partial charge in [0.05, 0.1) is 18.4 Å². The number of aryl methyl sites for hydroxylation is 2. The SMILES string of the molecule is COc1c(CN(C)CC(C)(C)CN)c(C)nn1C.Cl. The van der Waals surface area contributed by atoms with Gasteiger partial charge in [-0.25, -0.2) is 4.68 Å². The summed E-state index contributed by atoms with van der Waals surface area (Å²) in [5.41, 5.74) is 8.06. The van der Waals surface area contributed by atoms with Crippen LogP contribution in [0.1, 0.15) is 25.1 Å². The molecule has 5 nitrogen and oxygen atoms in total. The minimum Gasteiger partial charge on any atom is -0.481 e. The average molecular weight is 291 g/mol. The van der Waals surface area contributed by atoms with Gasteiger partial charge in [-0.05, 0) is 25.9 Å². The summed E-state index contributed by atoms with van der Waals surface area (Å²) >= 11 is 0. The minimum atomic E-state index is 0. The molecule has 0 amide bonds. The van der Waals surface area contributed by atoms with E-state index in [-0.39, 0.29) is 17.8 Å². The van der Waals surface area contributed by atoms with Crippen LogP contribution in [-0.4, -0.2) is 41.9 Å². The molecule has 0 bridgehead atoms. The zero-order valence-corrected chi connectivity index (χ0v) is 13.7. The van der Waals surface area contributed by atoms with E-state index in [4.69, 9.17) is 10.5 Å². The molecule has 0 radical (unpaired) electrons. The fourth-order valence-electron chi connectivity index (χ4n) is 2.24.